The van der Waals surface area contributed by atoms with E-state index in [9.17, 15) is 0 Å². The molecule has 0 unspecified atom stereocenters. The predicted octanol–water partition coefficient (Wildman–Crippen LogP) is 3.91. The van der Waals surface area contributed by atoms with Crippen molar-refractivity contribution in [2.45, 2.75) is 39.7 Å². The highest BCUT2D eigenvalue weighted by Gasteiger charge is 2.06. The zero-order chi connectivity index (χ0) is 14.2. The minimum atomic E-state index is 0.740. The van der Waals surface area contributed by atoms with Crippen molar-refractivity contribution >= 4 is 10.9 Å². The first kappa shape index (κ1) is 14.8. The maximum absolute atomic E-state index is 5.76. The number of pyridine rings is 1. The van der Waals surface area contributed by atoms with Gasteiger partial charge in [0.1, 0.15) is 0 Å². The van der Waals surface area contributed by atoms with Gasteiger partial charge in [-0.25, -0.2) is 4.98 Å². The molecule has 0 amide bonds. The van der Waals surface area contributed by atoms with Crippen molar-refractivity contribution in [3.05, 3.63) is 35.9 Å². The second-order valence-electron chi connectivity index (χ2n) is 5.02. The molecular formula is C17H24N2O. The monoisotopic (exact) mass is 272 g/mol. The molecule has 0 spiro atoms. The van der Waals surface area contributed by atoms with Crippen molar-refractivity contribution in [2.75, 3.05) is 13.2 Å². The number of nitrogens with one attached hydrogen (secondary N) is 1. The van der Waals surface area contributed by atoms with Crippen LogP contribution in [0.2, 0.25) is 0 Å². The lowest BCUT2D eigenvalue weighted by molar-refractivity contribution is 0.298. The van der Waals surface area contributed by atoms with Gasteiger partial charge in [-0.3, -0.25) is 0 Å². The summed E-state index contributed by atoms with van der Waals surface area (Å²) in [6, 6.07) is 10.3. The molecule has 0 aliphatic rings. The number of aromatic nitrogens is 1. The molecule has 1 N–H and O–H groups in total. The summed E-state index contributed by atoms with van der Waals surface area (Å²) in [5.41, 5.74) is 2.27. The lowest BCUT2D eigenvalue weighted by Crippen LogP contribution is -2.14. The molecule has 0 bridgehead atoms. The van der Waals surface area contributed by atoms with Crippen molar-refractivity contribution in [3.8, 4) is 5.88 Å². The molecule has 1 aromatic heterocycles. The third kappa shape index (κ3) is 3.94. The van der Waals surface area contributed by atoms with Gasteiger partial charge in [0.05, 0.1) is 12.1 Å². The number of ether oxygens (including phenoxy) is 1. The van der Waals surface area contributed by atoms with E-state index < -0.39 is 0 Å². The molecule has 0 aliphatic heterocycles. The fraction of sp³-hybridized carbons (Fsp3) is 0.471. The minimum absolute atomic E-state index is 0.740. The summed E-state index contributed by atoms with van der Waals surface area (Å²) in [7, 11) is 0. The van der Waals surface area contributed by atoms with E-state index in [-0.39, 0.29) is 0 Å². The van der Waals surface area contributed by atoms with Crippen LogP contribution in [0.15, 0.2) is 30.3 Å². The third-order valence-corrected chi connectivity index (χ3v) is 3.27. The van der Waals surface area contributed by atoms with Gasteiger partial charge in [-0.05, 0) is 31.0 Å². The fourth-order valence-electron chi connectivity index (χ4n) is 2.16. The number of para-hydroxylation sites is 1. The zero-order valence-electron chi connectivity index (χ0n) is 12.5. The van der Waals surface area contributed by atoms with Crippen LogP contribution >= 0.6 is 0 Å². The van der Waals surface area contributed by atoms with E-state index >= 15 is 0 Å². The number of benzene rings is 1. The number of rotatable bonds is 8. The highest BCUT2D eigenvalue weighted by atomic mass is 16.5. The first-order valence-corrected chi connectivity index (χ1v) is 7.57. The second-order valence-corrected chi connectivity index (χ2v) is 5.02. The van der Waals surface area contributed by atoms with Crippen molar-refractivity contribution < 1.29 is 4.74 Å². The number of unbranched alkanes of at least 4 members (excludes halogenated alkanes) is 1. The molecule has 20 heavy (non-hydrogen) atoms. The predicted molar refractivity (Wildman–Crippen MR) is 84.1 cm³/mol. The van der Waals surface area contributed by atoms with Crippen LogP contribution in [0, 0.1) is 0 Å². The minimum Gasteiger partial charge on any atom is -0.478 e. The summed E-state index contributed by atoms with van der Waals surface area (Å²) < 4.78 is 5.76. The van der Waals surface area contributed by atoms with Gasteiger partial charge in [0.25, 0.3) is 0 Å². The van der Waals surface area contributed by atoms with E-state index in [0.717, 1.165) is 50.4 Å². The van der Waals surface area contributed by atoms with Gasteiger partial charge in [0.2, 0.25) is 5.88 Å². The molecule has 1 heterocycles. The summed E-state index contributed by atoms with van der Waals surface area (Å²) in [5, 5.41) is 4.66. The Morgan fingerprint density at radius 1 is 1.15 bits per heavy atom. The van der Waals surface area contributed by atoms with Gasteiger partial charge in [-0.1, -0.05) is 38.5 Å². The Kier molecular flexibility index (Phi) is 5.81. The van der Waals surface area contributed by atoms with Crippen LogP contribution in [-0.2, 0) is 6.54 Å². The van der Waals surface area contributed by atoms with Gasteiger partial charge in [0.15, 0.2) is 0 Å². The van der Waals surface area contributed by atoms with E-state index in [1.165, 1.54) is 10.9 Å². The normalized spacial score (nSPS) is 10.9. The molecule has 0 radical (unpaired) electrons. The molecule has 108 valence electrons. The molecule has 0 saturated carbocycles. The highest BCUT2D eigenvalue weighted by Crippen LogP contribution is 2.22. The van der Waals surface area contributed by atoms with Crippen LogP contribution in [0.3, 0.4) is 0 Å². The van der Waals surface area contributed by atoms with Crippen molar-refractivity contribution in [1.29, 1.82) is 0 Å². The van der Waals surface area contributed by atoms with E-state index in [4.69, 9.17) is 4.74 Å². The van der Waals surface area contributed by atoms with Gasteiger partial charge in [-0.15, -0.1) is 0 Å². The van der Waals surface area contributed by atoms with Crippen LogP contribution in [-0.4, -0.2) is 18.1 Å². The van der Waals surface area contributed by atoms with Crippen LogP contribution in [0.4, 0.5) is 0 Å². The average molecular weight is 272 g/mol. The molecule has 0 atom stereocenters. The van der Waals surface area contributed by atoms with Crippen LogP contribution in [0.5, 0.6) is 5.88 Å². The Morgan fingerprint density at radius 2 is 2.00 bits per heavy atom. The van der Waals surface area contributed by atoms with E-state index in [1.54, 1.807) is 0 Å². The van der Waals surface area contributed by atoms with Gasteiger partial charge < -0.3 is 10.1 Å². The number of nitrogens with zero attached hydrogens (tertiary/aromatic N) is 1. The third-order valence-electron chi connectivity index (χ3n) is 3.27. The van der Waals surface area contributed by atoms with Gasteiger partial charge in [0, 0.05) is 18.0 Å². The highest BCUT2D eigenvalue weighted by molar-refractivity contribution is 5.82. The summed E-state index contributed by atoms with van der Waals surface area (Å²) in [6.45, 7) is 6.97. The van der Waals surface area contributed by atoms with Crippen molar-refractivity contribution in [2.24, 2.45) is 0 Å². The standard InChI is InChI=1S/C17H24N2O/c1-3-5-11-20-17-12-14(13-18-10-4-2)15-8-6-7-9-16(15)19-17/h6-9,12,18H,3-5,10-11,13H2,1-2H3. The molecule has 0 saturated heterocycles. The molecule has 3 heteroatoms. The number of fused-ring (bicyclic) bond motifs is 1. The van der Waals surface area contributed by atoms with Gasteiger partial charge in [-0.2, -0.15) is 0 Å². The van der Waals surface area contributed by atoms with Crippen LogP contribution in [0.1, 0.15) is 38.7 Å². The maximum Gasteiger partial charge on any atom is 0.214 e. The first-order chi connectivity index (χ1) is 9.85. The molecule has 0 fully saturated rings. The van der Waals surface area contributed by atoms with E-state index in [2.05, 4.69) is 42.3 Å². The quantitative estimate of drug-likeness (QED) is 0.740. The average Bonchev–Trinajstić information content (AvgIpc) is 2.48. The Labute approximate surface area is 121 Å². The molecular weight excluding hydrogens is 248 g/mol. The molecule has 3 nitrogen and oxygen atoms in total. The second kappa shape index (κ2) is 7.85. The maximum atomic E-state index is 5.76. The molecule has 0 aliphatic carbocycles. The molecule has 2 aromatic rings. The van der Waals surface area contributed by atoms with Crippen LogP contribution in [0.25, 0.3) is 10.9 Å². The smallest absolute Gasteiger partial charge is 0.214 e. The Hall–Kier alpha value is -1.61. The topological polar surface area (TPSA) is 34.1 Å². The van der Waals surface area contributed by atoms with E-state index in [1.807, 2.05) is 12.1 Å². The lowest BCUT2D eigenvalue weighted by atomic mass is 10.1. The molecule has 2 rings (SSSR count). The summed E-state index contributed by atoms with van der Waals surface area (Å²) in [6.07, 6.45) is 3.35. The van der Waals surface area contributed by atoms with Crippen molar-refractivity contribution in [1.82, 2.24) is 10.3 Å². The summed E-state index contributed by atoms with van der Waals surface area (Å²) >= 11 is 0. The lowest BCUT2D eigenvalue weighted by Gasteiger charge is -2.11. The Balaban J connectivity index is 2.21. The summed E-state index contributed by atoms with van der Waals surface area (Å²) in [5.74, 6) is 0.741. The first-order valence-electron chi connectivity index (χ1n) is 7.57. The number of hydrogen-bond donors (Lipinski definition) is 1. The zero-order valence-corrected chi connectivity index (χ0v) is 12.5. The SMILES string of the molecule is CCCCOc1cc(CNCCC)c2ccccc2n1. The Bertz CT molecular complexity index is 540. The summed E-state index contributed by atoms with van der Waals surface area (Å²) in [4.78, 5) is 4.59. The van der Waals surface area contributed by atoms with Crippen LogP contribution < -0.4 is 10.1 Å². The van der Waals surface area contributed by atoms with E-state index in [0.29, 0.717) is 0 Å². The fourth-order valence-corrected chi connectivity index (χ4v) is 2.16. The van der Waals surface area contributed by atoms with Crippen molar-refractivity contribution in [3.63, 3.8) is 0 Å². The van der Waals surface area contributed by atoms with Gasteiger partial charge >= 0.3 is 0 Å². The Morgan fingerprint density at radius 3 is 2.80 bits per heavy atom. The number of hydrogen-bond acceptors (Lipinski definition) is 3. The largest absolute Gasteiger partial charge is 0.478 e. The molecule has 1 aromatic carbocycles.